The molecule has 0 aromatic heterocycles. The second-order valence-electron chi connectivity index (χ2n) is 8.96. The van der Waals surface area contributed by atoms with Crippen LogP contribution in [0.1, 0.15) is 19.8 Å². The lowest BCUT2D eigenvalue weighted by Gasteiger charge is -2.22. The Morgan fingerprint density at radius 3 is 2.32 bits per heavy atom. The van der Waals surface area contributed by atoms with Crippen LogP contribution in [0.15, 0.2) is 65.2 Å². The van der Waals surface area contributed by atoms with Gasteiger partial charge in [0.2, 0.25) is 17.7 Å². The summed E-state index contributed by atoms with van der Waals surface area (Å²) in [7, 11) is 0. The number of carbonyl (C=O) groups excluding carboxylic acids is 4. The van der Waals surface area contributed by atoms with Crippen LogP contribution in [0.5, 0.6) is 5.75 Å². The van der Waals surface area contributed by atoms with Gasteiger partial charge in [0.25, 0.3) is 0 Å². The van der Waals surface area contributed by atoms with Crippen LogP contribution < -0.4 is 14.5 Å². The molecule has 8 heteroatoms. The first kappa shape index (κ1) is 22.5. The number of rotatable bonds is 4. The van der Waals surface area contributed by atoms with Gasteiger partial charge < -0.3 is 9.64 Å². The zero-order chi connectivity index (χ0) is 24.0. The van der Waals surface area contributed by atoms with E-state index in [4.69, 9.17) is 4.74 Å². The maximum atomic E-state index is 12.9. The average molecular weight is 523 g/mol. The minimum absolute atomic E-state index is 0.0199. The third kappa shape index (κ3) is 3.96. The van der Waals surface area contributed by atoms with Gasteiger partial charge in [-0.05, 0) is 60.9 Å². The smallest absolute Gasteiger partial charge is 0.316 e. The highest BCUT2D eigenvalue weighted by Crippen LogP contribution is 2.40. The minimum Gasteiger partial charge on any atom is -0.426 e. The standard InChI is InChI=1S/C26H23BrN2O5/c1-15-3-2-4-21-23(15)25(32)29(24(21)31)19-9-11-20(12-10-19)34-26(33)16-13-22(30)28(14-16)18-7-5-17(27)6-8-18/h2-3,5-12,15-16,21,23H,4,13-14H2,1H3/t15-,16+,21+,23+/m1/s1. The normalized spacial score (nSPS) is 26.2. The van der Waals surface area contributed by atoms with Crippen molar-refractivity contribution >= 4 is 51.0 Å². The van der Waals surface area contributed by atoms with E-state index in [1.54, 1.807) is 29.2 Å². The van der Waals surface area contributed by atoms with Crippen molar-refractivity contribution < 1.29 is 23.9 Å². The molecular weight excluding hydrogens is 500 g/mol. The summed E-state index contributed by atoms with van der Waals surface area (Å²) in [6.07, 6.45) is 4.61. The lowest BCUT2D eigenvalue weighted by molar-refractivity contribution is -0.139. The molecule has 0 radical (unpaired) electrons. The van der Waals surface area contributed by atoms with Gasteiger partial charge in [-0.15, -0.1) is 0 Å². The van der Waals surface area contributed by atoms with Crippen LogP contribution in [-0.4, -0.2) is 30.2 Å². The number of fused-ring (bicyclic) bond motifs is 1. The van der Waals surface area contributed by atoms with Gasteiger partial charge in [-0.25, -0.2) is 0 Å². The topological polar surface area (TPSA) is 84.0 Å². The van der Waals surface area contributed by atoms with Crippen LogP contribution in [0.25, 0.3) is 0 Å². The van der Waals surface area contributed by atoms with Crippen LogP contribution in [0.3, 0.4) is 0 Å². The number of allylic oxidation sites excluding steroid dienone is 2. The Bertz CT molecular complexity index is 1190. The maximum absolute atomic E-state index is 12.9. The Morgan fingerprint density at radius 1 is 0.971 bits per heavy atom. The summed E-state index contributed by atoms with van der Waals surface area (Å²) < 4.78 is 6.42. The molecule has 7 nitrogen and oxygen atoms in total. The van der Waals surface area contributed by atoms with Gasteiger partial charge >= 0.3 is 5.97 Å². The molecule has 2 fully saturated rings. The highest BCUT2D eigenvalue weighted by Gasteiger charge is 2.50. The van der Waals surface area contributed by atoms with E-state index in [1.165, 1.54) is 4.90 Å². The summed E-state index contributed by atoms with van der Waals surface area (Å²) in [6.45, 7) is 2.21. The molecule has 0 saturated carbocycles. The number of esters is 1. The third-order valence-electron chi connectivity index (χ3n) is 6.78. The molecule has 0 spiro atoms. The van der Waals surface area contributed by atoms with Crippen molar-refractivity contribution in [3.8, 4) is 5.75 Å². The Kier molecular flexibility index (Phi) is 5.85. The second-order valence-corrected chi connectivity index (χ2v) is 9.88. The molecule has 2 aliphatic heterocycles. The fourth-order valence-corrected chi connectivity index (χ4v) is 5.27. The van der Waals surface area contributed by atoms with Gasteiger partial charge in [-0.2, -0.15) is 0 Å². The second kappa shape index (κ2) is 8.83. The fourth-order valence-electron chi connectivity index (χ4n) is 5.00. The number of imide groups is 1. The van der Waals surface area contributed by atoms with Crippen molar-refractivity contribution in [2.24, 2.45) is 23.7 Å². The highest BCUT2D eigenvalue weighted by molar-refractivity contribution is 9.10. The molecule has 2 saturated heterocycles. The molecule has 0 bridgehead atoms. The van der Waals surface area contributed by atoms with Gasteiger partial charge in [0, 0.05) is 23.1 Å². The summed E-state index contributed by atoms with van der Waals surface area (Å²) >= 11 is 3.37. The van der Waals surface area contributed by atoms with E-state index >= 15 is 0 Å². The zero-order valence-corrected chi connectivity index (χ0v) is 20.1. The van der Waals surface area contributed by atoms with Gasteiger partial charge in [0.05, 0.1) is 23.4 Å². The largest absolute Gasteiger partial charge is 0.426 e. The molecule has 2 aromatic carbocycles. The van der Waals surface area contributed by atoms with Crippen molar-refractivity contribution in [2.75, 3.05) is 16.3 Å². The quantitative estimate of drug-likeness (QED) is 0.261. The number of benzene rings is 2. The van der Waals surface area contributed by atoms with Gasteiger partial charge in [-0.3, -0.25) is 24.1 Å². The number of hydrogen-bond donors (Lipinski definition) is 0. The predicted molar refractivity (Wildman–Crippen MR) is 129 cm³/mol. The molecule has 3 aliphatic rings. The molecule has 174 valence electrons. The van der Waals surface area contributed by atoms with E-state index in [0.29, 0.717) is 17.9 Å². The van der Waals surface area contributed by atoms with Crippen LogP contribution >= 0.6 is 15.9 Å². The lowest BCUT2D eigenvalue weighted by atomic mass is 9.78. The van der Waals surface area contributed by atoms with Crippen LogP contribution in [0, 0.1) is 23.7 Å². The van der Waals surface area contributed by atoms with Crippen molar-refractivity contribution in [1.82, 2.24) is 0 Å². The maximum Gasteiger partial charge on any atom is 0.316 e. The third-order valence-corrected chi connectivity index (χ3v) is 7.31. The Morgan fingerprint density at radius 2 is 1.65 bits per heavy atom. The van der Waals surface area contributed by atoms with Crippen molar-refractivity contribution in [3.05, 3.63) is 65.2 Å². The minimum atomic E-state index is -0.574. The summed E-state index contributed by atoms with van der Waals surface area (Å²) in [5.41, 5.74) is 1.20. The first-order chi connectivity index (χ1) is 16.3. The van der Waals surface area contributed by atoms with Crippen molar-refractivity contribution in [1.29, 1.82) is 0 Å². The van der Waals surface area contributed by atoms with Crippen molar-refractivity contribution in [2.45, 2.75) is 19.8 Å². The number of amides is 3. The molecule has 3 amide bonds. The molecule has 2 aromatic rings. The van der Waals surface area contributed by atoms with Gasteiger partial charge in [0.15, 0.2) is 0 Å². The molecule has 5 rings (SSSR count). The molecule has 0 N–H and O–H groups in total. The van der Waals surface area contributed by atoms with Gasteiger partial charge in [-0.1, -0.05) is 35.0 Å². The Labute approximate surface area is 205 Å². The van der Waals surface area contributed by atoms with E-state index in [2.05, 4.69) is 15.9 Å². The Balaban J connectivity index is 1.25. The molecule has 1 aliphatic carbocycles. The van der Waals surface area contributed by atoms with E-state index in [9.17, 15) is 19.2 Å². The first-order valence-corrected chi connectivity index (χ1v) is 12.0. The van der Waals surface area contributed by atoms with E-state index in [1.807, 2.05) is 43.3 Å². The molecule has 34 heavy (non-hydrogen) atoms. The van der Waals surface area contributed by atoms with E-state index < -0.39 is 11.9 Å². The highest BCUT2D eigenvalue weighted by atomic mass is 79.9. The van der Waals surface area contributed by atoms with E-state index in [-0.39, 0.29) is 48.4 Å². The van der Waals surface area contributed by atoms with Crippen molar-refractivity contribution in [3.63, 3.8) is 0 Å². The van der Waals surface area contributed by atoms with Gasteiger partial charge in [0.1, 0.15) is 5.75 Å². The number of anilines is 2. The number of carbonyl (C=O) groups is 4. The summed E-state index contributed by atoms with van der Waals surface area (Å²) in [5.74, 6) is -1.89. The van der Waals surface area contributed by atoms with Crippen LogP contribution in [0.4, 0.5) is 11.4 Å². The molecule has 2 heterocycles. The summed E-state index contributed by atoms with van der Waals surface area (Å²) in [4.78, 5) is 53.8. The Hall–Kier alpha value is -3.26. The predicted octanol–water partition coefficient (Wildman–Crippen LogP) is 4.11. The first-order valence-electron chi connectivity index (χ1n) is 11.3. The zero-order valence-electron chi connectivity index (χ0n) is 18.5. The number of halogens is 1. The summed E-state index contributed by atoms with van der Waals surface area (Å²) in [6, 6.07) is 13.7. The molecule has 4 atom stereocenters. The lowest BCUT2D eigenvalue weighted by Crippen LogP contribution is -2.31. The van der Waals surface area contributed by atoms with E-state index in [0.717, 1.165) is 10.2 Å². The number of ether oxygens (including phenoxy) is 1. The van der Waals surface area contributed by atoms with Crippen LogP contribution in [0.2, 0.25) is 0 Å². The summed E-state index contributed by atoms with van der Waals surface area (Å²) in [5, 5.41) is 0. The number of hydrogen-bond acceptors (Lipinski definition) is 5. The fraction of sp³-hybridized carbons (Fsp3) is 0.308. The average Bonchev–Trinajstić information content (AvgIpc) is 3.33. The number of nitrogens with zero attached hydrogens (tertiary/aromatic N) is 2. The molecule has 0 unspecified atom stereocenters. The SMILES string of the molecule is C[C@@H]1C=CC[C@@H]2C(=O)N(c3ccc(OC(=O)[C@H]4CC(=O)N(c5ccc(Br)cc5)C4)cc3)C(=O)[C@@H]12. The molecular formula is C26H23BrN2O5. The van der Waals surface area contributed by atoms with Crippen LogP contribution in [-0.2, 0) is 19.2 Å². The monoisotopic (exact) mass is 522 g/mol.